The summed E-state index contributed by atoms with van der Waals surface area (Å²) in [4.78, 5) is 28.3. The van der Waals surface area contributed by atoms with Crippen molar-refractivity contribution in [2.45, 2.75) is 38.8 Å². The van der Waals surface area contributed by atoms with Crippen molar-refractivity contribution < 1.29 is 19.1 Å². The summed E-state index contributed by atoms with van der Waals surface area (Å²) >= 11 is 0. The van der Waals surface area contributed by atoms with E-state index in [2.05, 4.69) is 5.32 Å². The molecule has 0 aromatic heterocycles. The van der Waals surface area contributed by atoms with Crippen molar-refractivity contribution in [3.05, 3.63) is 95.1 Å². The third-order valence-corrected chi connectivity index (χ3v) is 6.07. The fourth-order valence-corrected chi connectivity index (χ4v) is 4.04. The van der Waals surface area contributed by atoms with Gasteiger partial charge in [0.1, 0.15) is 6.04 Å². The minimum absolute atomic E-state index is 0.0788. The van der Waals surface area contributed by atoms with E-state index in [1.54, 1.807) is 26.2 Å². The van der Waals surface area contributed by atoms with Crippen LogP contribution in [0, 0.1) is 6.92 Å². The summed E-state index contributed by atoms with van der Waals surface area (Å²) < 4.78 is 10.7. The smallest absolute Gasteiger partial charge is 0.242 e. The first-order valence-electron chi connectivity index (χ1n) is 11.8. The normalized spacial score (nSPS) is 11.4. The van der Waals surface area contributed by atoms with Crippen LogP contribution in [0.2, 0.25) is 0 Å². The van der Waals surface area contributed by atoms with Crippen molar-refractivity contribution in [3.8, 4) is 11.5 Å². The molecule has 0 aliphatic carbocycles. The fourth-order valence-electron chi connectivity index (χ4n) is 4.04. The van der Waals surface area contributed by atoms with E-state index in [9.17, 15) is 9.59 Å². The van der Waals surface area contributed by atoms with Gasteiger partial charge in [0.25, 0.3) is 0 Å². The van der Waals surface area contributed by atoms with Crippen molar-refractivity contribution in [1.82, 2.24) is 10.2 Å². The molecule has 1 atom stereocenters. The number of hydrogen-bond acceptors (Lipinski definition) is 4. The zero-order valence-electron chi connectivity index (χ0n) is 20.9. The molecule has 0 aliphatic rings. The van der Waals surface area contributed by atoms with E-state index in [0.29, 0.717) is 30.9 Å². The van der Waals surface area contributed by atoms with Gasteiger partial charge in [0.15, 0.2) is 11.5 Å². The third kappa shape index (κ3) is 7.09. The fraction of sp³-hybridized carbons (Fsp3) is 0.310. The molecule has 3 rings (SSSR count). The van der Waals surface area contributed by atoms with Crippen molar-refractivity contribution in [2.75, 3.05) is 21.3 Å². The van der Waals surface area contributed by atoms with Crippen molar-refractivity contribution in [1.29, 1.82) is 0 Å². The molecular weight excluding hydrogens is 440 g/mol. The molecule has 0 aliphatic heterocycles. The van der Waals surface area contributed by atoms with Crippen molar-refractivity contribution in [2.24, 2.45) is 0 Å². The number of ether oxygens (including phenoxy) is 2. The monoisotopic (exact) mass is 474 g/mol. The first-order chi connectivity index (χ1) is 16.9. The minimum Gasteiger partial charge on any atom is -0.493 e. The Hall–Kier alpha value is -3.80. The highest BCUT2D eigenvalue weighted by Gasteiger charge is 2.29. The zero-order valence-corrected chi connectivity index (χ0v) is 20.9. The Balaban J connectivity index is 1.86. The standard InChI is InChI=1S/C29H34N2O4/c1-21-10-12-24(13-11-21)20-31(25(29(33)30-2)18-22-8-6-5-7-9-22)28(32)17-15-23-14-16-26(34-3)27(19-23)35-4/h5-14,16,19,25H,15,17-18,20H2,1-4H3,(H,30,33)/t25-/m0/s1. The highest BCUT2D eigenvalue weighted by atomic mass is 16.5. The number of nitrogens with zero attached hydrogens (tertiary/aromatic N) is 1. The van der Waals surface area contributed by atoms with Crippen LogP contribution in [0.5, 0.6) is 11.5 Å². The van der Waals surface area contributed by atoms with Crippen molar-refractivity contribution >= 4 is 11.8 Å². The van der Waals surface area contributed by atoms with Gasteiger partial charge in [0, 0.05) is 26.4 Å². The molecule has 0 saturated carbocycles. The van der Waals surface area contributed by atoms with Crippen LogP contribution in [0.1, 0.15) is 28.7 Å². The Morgan fingerprint density at radius 1 is 0.857 bits per heavy atom. The van der Waals surface area contributed by atoms with Gasteiger partial charge >= 0.3 is 0 Å². The van der Waals surface area contributed by atoms with Gasteiger partial charge in [-0.2, -0.15) is 0 Å². The maximum atomic E-state index is 13.6. The molecule has 0 fully saturated rings. The summed E-state index contributed by atoms with van der Waals surface area (Å²) in [6.07, 6.45) is 1.23. The highest BCUT2D eigenvalue weighted by Crippen LogP contribution is 2.28. The van der Waals surface area contributed by atoms with E-state index in [0.717, 1.165) is 22.3 Å². The van der Waals surface area contributed by atoms with Crippen molar-refractivity contribution in [3.63, 3.8) is 0 Å². The molecule has 0 spiro atoms. The number of likely N-dealkylation sites (N-methyl/N-ethyl adjacent to an activating group) is 1. The summed E-state index contributed by atoms with van der Waals surface area (Å²) in [5.74, 6) is 1.01. The summed E-state index contributed by atoms with van der Waals surface area (Å²) in [6.45, 7) is 2.38. The lowest BCUT2D eigenvalue weighted by atomic mass is 10.0. The van der Waals surface area contributed by atoms with Gasteiger partial charge in [0.2, 0.25) is 11.8 Å². The molecule has 0 bridgehead atoms. The van der Waals surface area contributed by atoms with Crippen LogP contribution in [0.15, 0.2) is 72.8 Å². The van der Waals surface area contributed by atoms with E-state index < -0.39 is 6.04 Å². The third-order valence-electron chi connectivity index (χ3n) is 6.07. The van der Waals surface area contributed by atoms with Crippen LogP contribution < -0.4 is 14.8 Å². The van der Waals surface area contributed by atoms with E-state index in [1.807, 2.05) is 79.7 Å². The molecule has 0 saturated heterocycles. The Bertz CT molecular complexity index is 1110. The van der Waals surface area contributed by atoms with Gasteiger partial charge in [-0.1, -0.05) is 66.2 Å². The van der Waals surface area contributed by atoms with Crippen LogP contribution in [-0.2, 0) is 29.0 Å². The summed E-state index contributed by atoms with van der Waals surface area (Å²) in [5, 5.41) is 2.75. The Morgan fingerprint density at radius 2 is 1.51 bits per heavy atom. The topological polar surface area (TPSA) is 67.9 Å². The van der Waals surface area contributed by atoms with Gasteiger partial charge in [-0.25, -0.2) is 0 Å². The molecule has 0 heterocycles. The number of carbonyl (C=O) groups excluding carboxylic acids is 2. The molecule has 0 unspecified atom stereocenters. The summed E-state index contributed by atoms with van der Waals surface area (Å²) in [5.41, 5.74) is 4.10. The van der Waals surface area contributed by atoms with Gasteiger partial charge < -0.3 is 19.7 Å². The second kappa shape index (κ2) is 12.6. The lowest BCUT2D eigenvalue weighted by molar-refractivity contribution is -0.141. The number of hydrogen-bond donors (Lipinski definition) is 1. The van der Waals surface area contributed by atoms with E-state index in [-0.39, 0.29) is 18.2 Å². The second-order valence-corrected chi connectivity index (χ2v) is 8.52. The zero-order chi connectivity index (χ0) is 25.2. The van der Waals surface area contributed by atoms with Gasteiger partial charge in [-0.05, 0) is 42.2 Å². The molecule has 2 amide bonds. The Kier molecular flexibility index (Phi) is 9.30. The van der Waals surface area contributed by atoms with Crippen LogP contribution in [0.25, 0.3) is 0 Å². The van der Waals surface area contributed by atoms with Crippen LogP contribution in [0.4, 0.5) is 0 Å². The minimum atomic E-state index is -0.624. The molecule has 3 aromatic carbocycles. The molecule has 35 heavy (non-hydrogen) atoms. The number of rotatable bonds is 11. The number of nitrogens with one attached hydrogen (secondary N) is 1. The molecule has 6 heteroatoms. The number of methoxy groups -OCH3 is 2. The molecule has 6 nitrogen and oxygen atoms in total. The van der Waals surface area contributed by atoms with Gasteiger partial charge in [-0.3, -0.25) is 9.59 Å². The van der Waals surface area contributed by atoms with E-state index in [1.165, 1.54) is 0 Å². The number of amides is 2. The first-order valence-corrected chi connectivity index (χ1v) is 11.8. The van der Waals surface area contributed by atoms with E-state index >= 15 is 0 Å². The van der Waals surface area contributed by atoms with E-state index in [4.69, 9.17) is 9.47 Å². The van der Waals surface area contributed by atoms with Gasteiger partial charge in [-0.15, -0.1) is 0 Å². The van der Waals surface area contributed by atoms with Gasteiger partial charge in [0.05, 0.1) is 14.2 Å². The summed E-state index contributed by atoms with van der Waals surface area (Å²) in [6, 6.07) is 22.9. The average Bonchev–Trinajstić information content (AvgIpc) is 2.90. The quantitative estimate of drug-likeness (QED) is 0.449. The molecular formula is C29H34N2O4. The lowest BCUT2D eigenvalue weighted by Gasteiger charge is -2.31. The number of carbonyl (C=O) groups is 2. The maximum absolute atomic E-state index is 13.6. The highest BCUT2D eigenvalue weighted by molar-refractivity contribution is 5.88. The van der Waals surface area contributed by atoms with Crippen LogP contribution in [0.3, 0.4) is 0 Å². The molecule has 3 aromatic rings. The Labute approximate surface area is 207 Å². The lowest BCUT2D eigenvalue weighted by Crippen LogP contribution is -2.49. The molecule has 184 valence electrons. The molecule has 0 radical (unpaired) electrons. The van der Waals surface area contributed by atoms with Crippen LogP contribution in [-0.4, -0.2) is 44.0 Å². The SMILES string of the molecule is CNC(=O)[C@H](Cc1ccccc1)N(Cc1ccc(C)cc1)C(=O)CCc1ccc(OC)c(OC)c1. The largest absolute Gasteiger partial charge is 0.493 e. The summed E-state index contributed by atoms with van der Waals surface area (Å²) in [7, 11) is 4.79. The average molecular weight is 475 g/mol. The number of aryl methyl sites for hydroxylation is 2. The number of benzene rings is 3. The Morgan fingerprint density at radius 3 is 2.14 bits per heavy atom. The first kappa shape index (κ1) is 25.8. The second-order valence-electron chi connectivity index (χ2n) is 8.52. The predicted molar refractivity (Wildman–Crippen MR) is 138 cm³/mol. The maximum Gasteiger partial charge on any atom is 0.242 e. The predicted octanol–water partition coefficient (Wildman–Crippen LogP) is 4.33. The van der Waals surface area contributed by atoms with Crippen LogP contribution >= 0.6 is 0 Å². The molecule has 1 N–H and O–H groups in total.